The minimum atomic E-state index is -3.30. The quantitative estimate of drug-likeness (QED) is 0.502. The van der Waals surface area contributed by atoms with Gasteiger partial charge >= 0.3 is 0 Å². The lowest BCUT2D eigenvalue weighted by atomic mass is 10.1. The number of rotatable bonds is 5. The van der Waals surface area contributed by atoms with Crippen molar-refractivity contribution < 1.29 is 18.6 Å². The van der Waals surface area contributed by atoms with E-state index < -0.39 is 9.84 Å². The minimum Gasteiger partial charge on any atom is -0.251 e. The van der Waals surface area contributed by atoms with Crippen LogP contribution >= 0.6 is 11.6 Å². The molecule has 0 bridgehead atoms. The van der Waals surface area contributed by atoms with Crippen molar-refractivity contribution in [3.63, 3.8) is 0 Å². The molecular formula is C10H13ClO4S. The van der Waals surface area contributed by atoms with E-state index in [0.29, 0.717) is 0 Å². The van der Waals surface area contributed by atoms with Gasteiger partial charge in [0.25, 0.3) is 0 Å². The van der Waals surface area contributed by atoms with E-state index in [1.165, 1.54) is 6.07 Å². The van der Waals surface area contributed by atoms with Gasteiger partial charge in [0.1, 0.15) is 6.61 Å². The van der Waals surface area contributed by atoms with E-state index in [2.05, 4.69) is 4.89 Å². The number of hydrogen-bond donors (Lipinski definition) is 1. The smallest absolute Gasteiger partial charge is 0.179 e. The Morgan fingerprint density at radius 2 is 2.12 bits per heavy atom. The maximum Gasteiger partial charge on any atom is 0.179 e. The second-order valence-electron chi connectivity index (χ2n) is 3.37. The minimum absolute atomic E-state index is 0.0433. The molecule has 0 unspecified atom stereocenters. The Kier molecular flexibility index (Phi) is 4.73. The first-order chi connectivity index (χ1) is 7.51. The van der Waals surface area contributed by atoms with Crippen LogP contribution in [0.4, 0.5) is 0 Å². The van der Waals surface area contributed by atoms with Crippen molar-refractivity contribution in [1.82, 2.24) is 0 Å². The fraction of sp³-hybridized carbons (Fsp3) is 0.400. The molecular weight excluding hydrogens is 252 g/mol. The second kappa shape index (κ2) is 5.63. The van der Waals surface area contributed by atoms with Gasteiger partial charge in [-0.3, -0.25) is 5.26 Å². The van der Waals surface area contributed by atoms with Crippen LogP contribution in [0.1, 0.15) is 11.1 Å². The van der Waals surface area contributed by atoms with E-state index in [-0.39, 0.29) is 23.1 Å². The van der Waals surface area contributed by atoms with Crippen molar-refractivity contribution in [3.8, 4) is 0 Å². The normalized spacial score (nSPS) is 11.7. The molecule has 0 heterocycles. The van der Waals surface area contributed by atoms with Crippen LogP contribution in [0.3, 0.4) is 0 Å². The molecule has 0 saturated carbocycles. The van der Waals surface area contributed by atoms with Crippen LogP contribution in [0.25, 0.3) is 0 Å². The molecule has 1 aromatic carbocycles. The summed E-state index contributed by atoms with van der Waals surface area (Å²) in [6, 6.07) is 4.66. The average Bonchev–Trinajstić information content (AvgIpc) is 2.21. The maximum atomic E-state index is 11.7. The van der Waals surface area contributed by atoms with Crippen molar-refractivity contribution in [3.05, 3.63) is 29.3 Å². The zero-order valence-corrected chi connectivity index (χ0v) is 10.4. The maximum absolute atomic E-state index is 11.7. The Bertz CT molecular complexity index is 456. The predicted octanol–water partition coefficient (Wildman–Crippen LogP) is 2.00. The molecule has 0 aromatic heterocycles. The summed E-state index contributed by atoms with van der Waals surface area (Å²) in [5.74, 6) is -0.00722. The molecule has 0 radical (unpaired) electrons. The van der Waals surface area contributed by atoms with Gasteiger partial charge in [-0.15, -0.1) is 11.6 Å². The number of alkyl halides is 1. The number of hydrogen-bond acceptors (Lipinski definition) is 4. The van der Waals surface area contributed by atoms with Gasteiger partial charge in [-0.05, 0) is 30.2 Å². The molecule has 1 aromatic rings. The first kappa shape index (κ1) is 13.4. The molecule has 0 aliphatic carbocycles. The van der Waals surface area contributed by atoms with Crippen molar-refractivity contribution >= 4 is 21.4 Å². The van der Waals surface area contributed by atoms with Gasteiger partial charge in [0.2, 0.25) is 0 Å². The lowest BCUT2D eigenvalue weighted by Crippen LogP contribution is -2.08. The van der Waals surface area contributed by atoms with Gasteiger partial charge in [-0.2, -0.15) is 0 Å². The van der Waals surface area contributed by atoms with Crippen molar-refractivity contribution in [2.75, 3.05) is 11.6 Å². The van der Waals surface area contributed by atoms with Gasteiger partial charge in [0.15, 0.2) is 9.84 Å². The highest BCUT2D eigenvalue weighted by Gasteiger charge is 2.14. The standard InChI is InChI=1S/C10H13ClO4S/c1-8-6-10(16(13,14)5-4-11)3-2-9(8)7-15-12/h2-3,6,12H,4-5,7H2,1H3. The molecule has 1 N–H and O–H groups in total. The van der Waals surface area contributed by atoms with Crippen molar-refractivity contribution in [2.45, 2.75) is 18.4 Å². The van der Waals surface area contributed by atoms with Crippen LogP contribution in [-0.4, -0.2) is 25.3 Å². The van der Waals surface area contributed by atoms with E-state index in [1.54, 1.807) is 19.1 Å². The molecule has 1 rings (SSSR count). The van der Waals surface area contributed by atoms with Gasteiger partial charge < -0.3 is 0 Å². The van der Waals surface area contributed by atoms with E-state index >= 15 is 0 Å². The fourth-order valence-electron chi connectivity index (χ4n) is 1.31. The highest BCUT2D eigenvalue weighted by atomic mass is 35.5. The summed E-state index contributed by atoms with van der Waals surface area (Å²) in [4.78, 5) is 4.25. The summed E-state index contributed by atoms with van der Waals surface area (Å²) in [5.41, 5.74) is 1.50. The molecule has 0 fully saturated rings. The summed E-state index contributed by atoms with van der Waals surface area (Å²) >= 11 is 5.42. The molecule has 6 heteroatoms. The zero-order valence-electron chi connectivity index (χ0n) is 8.81. The molecule has 16 heavy (non-hydrogen) atoms. The van der Waals surface area contributed by atoms with Crippen LogP contribution in [0.15, 0.2) is 23.1 Å². The number of halogens is 1. The third-order valence-corrected chi connectivity index (χ3v) is 4.37. The largest absolute Gasteiger partial charge is 0.251 e. The van der Waals surface area contributed by atoms with Gasteiger partial charge in [0, 0.05) is 5.88 Å². The van der Waals surface area contributed by atoms with Crippen molar-refractivity contribution in [2.24, 2.45) is 0 Å². The van der Waals surface area contributed by atoms with Gasteiger partial charge in [-0.1, -0.05) is 6.07 Å². The molecule has 90 valence electrons. The highest BCUT2D eigenvalue weighted by molar-refractivity contribution is 7.91. The molecule has 4 nitrogen and oxygen atoms in total. The fourth-order valence-corrected chi connectivity index (χ4v) is 2.99. The van der Waals surface area contributed by atoms with E-state index in [0.717, 1.165) is 11.1 Å². The first-order valence-electron chi connectivity index (χ1n) is 4.66. The first-order valence-corrected chi connectivity index (χ1v) is 6.84. The molecule has 0 aliphatic rings. The van der Waals surface area contributed by atoms with E-state index in [9.17, 15) is 8.42 Å². The Morgan fingerprint density at radius 3 is 2.62 bits per heavy atom. The predicted molar refractivity (Wildman–Crippen MR) is 61.4 cm³/mol. The topological polar surface area (TPSA) is 63.6 Å². The monoisotopic (exact) mass is 264 g/mol. The lowest BCUT2D eigenvalue weighted by Gasteiger charge is -2.07. The lowest BCUT2D eigenvalue weighted by molar-refractivity contribution is -0.253. The number of sulfone groups is 1. The van der Waals surface area contributed by atoms with E-state index in [1.807, 2.05) is 0 Å². The summed E-state index contributed by atoms with van der Waals surface area (Å²) in [5, 5.41) is 8.32. The van der Waals surface area contributed by atoms with Crippen LogP contribution in [0.5, 0.6) is 0 Å². The van der Waals surface area contributed by atoms with Crippen LogP contribution in [0, 0.1) is 6.92 Å². The number of aryl methyl sites for hydroxylation is 1. The average molecular weight is 265 g/mol. The Morgan fingerprint density at radius 1 is 1.44 bits per heavy atom. The summed E-state index contributed by atoms with van der Waals surface area (Å²) in [7, 11) is -3.30. The van der Waals surface area contributed by atoms with Gasteiger partial charge in [-0.25, -0.2) is 13.3 Å². The van der Waals surface area contributed by atoms with Crippen LogP contribution in [0.2, 0.25) is 0 Å². The Hall–Kier alpha value is -0.620. The molecule has 0 saturated heterocycles. The summed E-state index contributed by atoms with van der Waals surface area (Å²) < 4.78 is 23.4. The molecule has 0 amide bonds. The highest BCUT2D eigenvalue weighted by Crippen LogP contribution is 2.17. The molecule has 0 spiro atoms. The molecule has 0 aliphatic heterocycles. The summed E-state index contributed by atoms with van der Waals surface area (Å²) in [6.07, 6.45) is 0. The van der Waals surface area contributed by atoms with Crippen LogP contribution < -0.4 is 0 Å². The van der Waals surface area contributed by atoms with Crippen LogP contribution in [-0.2, 0) is 21.3 Å². The summed E-state index contributed by atoms with van der Waals surface area (Å²) in [6.45, 7) is 1.80. The third-order valence-electron chi connectivity index (χ3n) is 2.24. The number of benzene rings is 1. The van der Waals surface area contributed by atoms with Gasteiger partial charge in [0.05, 0.1) is 10.6 Å². The Labute approximate surface area is 99.7 Å². The van der Waals surface area contributed by atoms with E-state index in [4.69, 9.17) is 16.9 Å². The SMILES string of the molecule is Cc1cc(S(=O)(=O)CCCl)ccc1COO. The Balaban J connectivity index is 3.06. The molecule has 0 atom stereocenters. The second-order valence-corrected chi connectivity index (χ2v) is 5.86. The zero-order chi connectivity index (χ0) is 12.2. The third kappa shape index (κ3) is 3.18. The van der Waals surface area contributed by atoms with Crippen molar-refractivity contribution in [1.29, 1.82) is 0 Å².